The average Bonchev–Trinajstić information content (AvgIpc) is 3.62. The van der Waals surface area contributed by atoms with Crippen molar-refractivity contribution in [3.63, 3.8) is 0 Å². The molecule has 0 saturated heterocycles. The molecule has 3 aromatic heterocycles. The summed E-state index contributed by atoms with van der Waals surface area (Å²) in [7, 11) is 0. The second-order valence-electron chi connectivity index (χ2n) is 8.70. The van der Waals surface area contributed by atoms with E-state index in [4.69, 9.17) is 0 Å². The smallest absolute Gasteiger partial charge is 0.251 e. The number of carbonyl (C=O) groups excluding carboxylic acids is 1. The Labute approximate surface area is 191 Å². The third kappa shape index (κ3) is 3.65. The topological polar surface area (TPSA) is 112 Å². The minimum absolute atomic E-state index is 0.0852. The van der Waals surface area contributed by atoms with Gasteiger partial charge in [0.2, 0.25) is 0 Å². The summed E-state index contributed by atoms with van der Waals surface area (Å²) in [4.78, 5) is 24.6. The molecule has 0 radical (unpaired) electrons. The third-order valence-electron chi connectivity index (χ3n) is 7.06. The first-order valence-electron chi connectivity index (χ1n) is 11.2. The number of hydrogen-bond acceptors (Lipinski definition) is 5. The number of aromatic amines is 1. The molecule has 0 aliphatic heterocycles. The molecule has 3 atom stereocenters. The maximum Gasteiger partial charge on any atom is 0.251 e. The van der Waals surface area contributed by atoms with Gasteiger partial charge in [-0.2, -0.15) is 10.4 Å². The zero-order chi connectivity index (χ0) is 22.8. The van der Waals surface area contributed by atoms with E-state index in [0.29, 0.717) is 12.1 Å². The van der Waals surface area contributed by atoms with Gasteiger partial charge in [0, 0.05) is 40.9 Å². The summed E-state index contributed by atoms with van der Waals surface area (Å²) in [6, 6.07) is 13.6. The lowest BCUT2D eigenvalue weighted by atomic mass is 9.72. The van der Waals surface area contributed by atoms with E-state index in [1.165, 1.54) is 6.33 Å². The van der Waals surface area contributed by atoms with E-state index >= 15 is 0 Å². The summed E-state index contributed by atoms with van der Waals surface area (Å²) >= 11 is 0. The molecule has 1 aromatic carbocycles. The molecule has 166 valence electrons. The first-order chi connectivity index (χ1) is 16.1. The molecule has 3 heterocycles. The van der Waals surface area contributed by atoms with Crippen LogP contribution in [0, 0.1) is 22.7 Å². The molecule has 1 saturated carbocycles. The van der Waals surface area contributed by atoms with Crippen LogP contribution >= 0.6 is 0 Å². The number of nitrogens with one attached hydrogen (secondary N) is 2. The van der Waals surface area contributed by atoms with Crippen LogP contribution in [0.25, 0.3) is 22.3 Å². The van der Waals surface area contributed by atoms with Crippen molar-refractivity contribution in [3.05, 3.63) is 66.9 Å². The summed E-state index contributed by atoms with van der Waals surface area (Å²) in [5.41, 5.74) is 2.70. The maximum absolute atomic E-state index is 12.8. The van der Waals surface area contributed by atoms with Crippen molar-refractivity contribution in [2.75, 3.05) is 6.54 Å². The molecule has 1 fully saturated rings. The monoisotopic (exact) mass is 439 g/mol. The van der Waals surface area contributed by atoms with Crippen LogP contribution in [-0.4, -0.2) is 37.2 Å². The van der Waals surface area contributed by atoms with Crippen molar-refractivity contribution in [1.29, 1.82) is 5.26 Å². The molecule has 5 rings (SSSR count). The van der Waals surface area contributed by atoms with E-state index in [2.05, 4.69) is 38.4 Å². The van der Waals surface area contributed by atoms with Crippen LogP contribution in [0.4, 0.5) is 0 Å². The van der Waals surface area contributed by atoms with Crippen LogP contribution in [-0.2, 0) is 0 Å². The molecule has 8 nitrogen and oxygen atoms in total. The van der Waals surface area contributed by atoms with Crippen molar-refractivity contribution in [2.45, 2.75) is 32.2 Å². The minimum Gasteiger partial charge on any atom is -0.351 e. The zero-order valence-electron chi connectivity index (χ0n) is 18.4. The van der Waals surface area contributed by atoms with Crippen LogP contribution in [0.15, 0.2) is 61.3 Å². The van der Waals surface area contributed by atoms with Gasteiger partial charge in [-0.05, 0) is 38.0 Å². The van der Waals surface area contributed by atoms with Crippen LogP contribution in [0.1, 0.15) is 42.6 Å². The fraction of sp³-hybridized carbons (Fsp3) is 0.320. The lowest BCUT2D eigenvalue weighted by Crippen LogP contribution is -2.44. The number of fused-ring (bicyclic) bond motifs is 1. The molecular weight excluding hydrogens is 414 g/mol. The number of H-pyrrole nitrogens is 1. The molecule has 8 heteroatoms. The second kappa shape index (κ2) is 8.51. The van der Waals surface area contributed by atoms with Crippen molar-refractivity contribution in [1.82, 2.24) is 30.0 Å². The summed E-state index contributed by atoms with van der Waals surface area (Å²) in [6.07, 6.45) is 9.80. The number of aromatic nitrogens is 5. The third-order valence-corrected chi connectivity index (χ3v) is 7.06. The molecular formula is C25H25N7O. The number of hydrogen-bond donors (Lipinski definition) is 2. The van der Waals surface area contributed by atoms with Crippen molar-refractivity contribution >= 4 is 16.9 Å². The minimum atomic E-state index is -0.405. The van der Waals surface area contributed by atoms with Crippen LogP contribution < -0.4 is 5.32 Å². The average molecular weight is 440 g/mol. The number of nitriles is 1. The van der Waals surface area contributed by atoms with E-state index in [1.807, 2.05) is 41.3 Å². The predicted molar refractivity (Wildman–Crippen MR) is 124 cm³/mol. The first-order valence-corrected chi connectivity index (χ1v) is 11.2. The SMILES string of the molecule is CC(n1cc(-c2ncnc3[nH]ccc23)cn1)C1(CNC(=O)c2ccccc2)CCCC1C#N. The summed E-state index contributed by atoms with van der Waals surface area (Å²) < 4.78 is 1.92. The highest BCUT2D eigenvalue weighted by molar-refractivity contribution is 5.94. The number of benzene rings is 1. The molecule has 0 bridgehead atoms. The molecule has 1 aliphatic rings. The molecule has 1 amide bonds. The van der Waals surface area contributed by atoms with Gasteiger partial charge in [0.05, 0.1) is 29.9 Å². The van der Waals surface area contributed by atoms with Crippen LogP contribution in [0.3, 0.4) is 0 Å². The Bertz CT molecular complexity index is 1320. The number of nitrogens with zero attached hydrogens (tertiary/aromatic N) is 5. The van der Waals surface area contributed by atoms with Gasteiger partial charge in [-0.3, -0.25) is 9.48 Å². The molecule has 2 N–H and O–H groups in total. The maximum atomic E-state index is 12.8. The standard InChI is InChI=1S/C25H25N7O/c1-17(32-14-19(13-31-32)22-21-9-11-27-23(21)30-16-29-22)25(10-5-8-20(25)12-26)15-28-24(33)18-6-3-2-4-7-18/h2-4,6-7,9,11,13-14,16-17,20H,5,8,10,15H2,1H3,(H,28,33)(H,27,29,30). The quantitative estimate of drug-likeness (QED) is 0.469. The second-order valence-corrected chi connectivity index (χ2v) is 8.70. The Hall–Kier alpha value is -3.99. The van der Waals surface area contributed by atoms with Gasteiger partial charge in [-0.25, -0.2) is 9.97 Å². The van der Waals surface area contributed by atoms with Gasteiger partial charge in [0.25, 0.3) is 5.91 Å². The summed E-state index contributed by atoms with van der Waals surface area (Å²) in [6.45, 7) is 2.51. The lowest BCUT2D eigenvalue weighted by Gasteiger charge is -2.38. The van der Waals surface area contributed by atoms with E-state index < -0.39 is 5.41 Å². The first kappa shape index (κ1) is 20.9. The fourth-order valence-corrected chi connectivity index (χ4v) is 5.12. The Morgan fingerprint density at radius 3 is 3.00 bits per heavy atom. The van der Waals surface area contributed by atoms with Crippen molar-refractivity contribution < 1.29 is 4.79 Å². The highest BCUT2D eigenvalue weighted by Crippen LogP contribution is 2.50. The Morgan fingerprint density at radius 1 is 1.33 bits per heavy atom. The van der Waals surface area contributed by atoms with Gasteiger partial charge in [0.15, 0.2) is 0 Å². The molecule has 33 heavy (non-hydrogen) atoms. The summed E-state index contributed by atoms with van der Waals surface area (Å²) in [5, 5.41) is 18.6. The molecule has 4 aromatic rings. The molecule has 1 aliphatic carbocycles. The van der Waals surface area contributed by atoms with Gasteiger partial charge >= 0.3 is 0 Å². The number of amides is 1. The van der Waals surface area contributed by atoms with Gasteiger partial charge < -0.3 is 10.3 Å². The highest BCUT2D eigenvalue weighted by atomic mass is 16.1. The van der Waals surface area contributed by atoms with Gasteiger partial charge in [-0.15, -0.1) is 0 Å². The van der Waals surface area contributed by atoms with E-state index in [-0.39, 0.29) is 17.9 Å². The van der Waals surface area contributed by atoms with E-state index in [9.17, 15) is 10.1 Å². The number of rotatable bonds is 6. The van der Waals surface area contributed by atoms with Crippen LogP contribution in [0.5, 0.6) is 0 Å². The molecule has 3 unspecified atom stereocenters. The molecule has 0 spiro atoms. The van der Waals surface area contributed by atoms with E-state index in [0.717, 1.165) is 41.6 Å². The fourth-order valence-electron chi connectivity index (χ4n) is 5.12. The Morgan fingerprint density at radius 2 is 2.18 bits per heavy atom. The summed E-state index contributed by atoms with van der Waals surface area (Å²) in [5.74, 6) is -0.283. The number of carbonyl (C=O) groups is 1. The Kier molecular flexibility index (Phi) is 5.38. The van der Waals surface area contributed by atoms with Crippen molar-refractivity contribution in [3.8, 4) is 17.3 Å². The largest absolute Gasteiger partial charge is 0.351 e. The predicted octanol–water partition coefficient (Wildman–Crippen LogP) is 4.12. The van der Waals surface area contributed by atoms with Crippen molar-refractivity contribution in [2.24, 2.45) is 11.3 Å². The highest BCUT2D eigenvalue weighted by Gasteiger charge is 2.48. The van der Waals surface area contributed by atoms with Gasteiger partial charge in [-0.1, -0.05) is 24.6 Å². The zero-order valence-corrected chi connectivity index (χ0v) is 18.4. The normalized spacial score (nSPS) is 21.0. The van der Waals surface area contributed by atoms with Crippen LogP contribution in [0.2, 0.25) is 0 Å². The van der Waals surface area contributed by atoms with E-state index in [1.54, 1.807) is 18.3 Å². The van der Waals surface area contributed by atoms with Gasteiger partial charge in [0.1, 0.15) is 12.0 Å². The lowest BCUT2D eigenvalue weighted by molar-refractivity contribution is 0.0867. The Balaban J connectivity index is 1.44.